The van der Waals surface area contributed by atoms with Crippen LogP contribution in [-0.2, 0) is 20.1 Å². The van der Waals surface area contributed by atoms with E-state index >= 15 is 0 Å². The molecule has 0 saturated carbocycles. The Morgan fingerprint density at radius 1 is 0.833 bits per heavy atom. The van der Waals surface area contributed by atoms with E-state index in [0.29, 0.717) is 0 Å². The van der Waals surface area contributed by atoms with Crippen molar-refractivity contribution in [2.75, 3.05) is 18.5 Å². The first kappa shape index (κ1) is 25.2. The summed E-state index contributed by atoms with van der Waals surface area (Å²) in [6.45, 7) is 7.00. The zero-order chi connectivity index (χ0) is 20.5. The van der Waals surface area contributed by atoms with Gasteiger partial charge in [0, 0.05) is 38.9 Å². The first-order valence-corrected chi connectivity index (χ1v) is 13.8. The van der Waals surface area contributed by atoms with E-state index in [2.05, 4.69) is 75.4 Å². The number of hydrogen-bond donors (Lipinski definition) is 0. The fourth-order valence-corrected chi connectivity index (χ4v) is 9.33. The van der Waals surface area contributed by atoms with Gasteiger partial charge in [-0.05, 0) is 41.8 Å². The van der Waals surface area contributed by atoms with E-state index in [1.54, 1.807) is 5.30 Å². The Labute approximate surface area is 197 Å². The average Bonchev–Trinajstić information content (AvgIpc) is 2.78. The van der Waals surface area contributed by atoms with Gasteiger partial charge in [-0.25, -0.2) is 0 Å². The third-order valence-electron chi connectivity index (χ3n) is 6.08. The molecular weight excluding hydrogens is 561 g/mol. The average molecular weight is 598 g/mol. The summed E-state index contributed by atoms with van der Waals surface area (Å²) in [4.78, 5) is 4.77. The summed E-state index contributed by atoms with van der Waals surface area (Å²) < 4.78 is 0. The molecule has 3 heteroatoms. The first-order chi connectivity index (χ1) is 14.2. The van der Waals surface area contributed by atoms with Gasteiger partial charge in [0.15, 0.2) is 0 Å². The van der Waals surface area contributed by atoms with E-state index < -0.39 is 7.26 Å². The van der Waals surface area contributed by atoms with Crippen LogP contribution in [-0.4, -0.2) is 23.5 Å². The Morgan fingerprint density at radius 2 is 1.47 bits per heavy atom. The molecule has 0 aliphatic heterocycles. The fourth-order valence-electron chi connectivity index (χ4n) is 4.33. The van der Waals surface area contributed by atoms with Gasteiger partial charge in [0.1, 0.15) is 0 Å². The van der Waals surface area contributed by atoms with Gasteiger partial charge in [-0.15, -0.1) is 29.8 Å². The summed E-state index contributed by atoms with van der Waals surface area (Å²) in [6, 6.07) is 21.2. The molecule has 0 fully saturated rings. The van der Waals surface area contributed by atoms with Crippen LogP contribution in [0.5, 0.6) is 0 Å². The van der Waals surface area contributed by atoms with E-state index in [0.717, 1.165) is 11.3 Å². The molecule has 3 aromatic rings. The Balaban J connectivity index is 0.00000320. The monoisotopic (exact) mass is 598 g/mol. The predicted molar refractivity (Wildman–Crippen MR) is 132 cm³/mol. The Morgan fingerprint density at radius 3 is 2.10 bits per heavy atom. The van der Waals surface area contributed by atoms with Crippen LogP contribution in [0.15, 0.2) is 54.7 Å². The molecule has 3 rings (SSSR count). The predicted octanol–water partition coefficient (Wildman–Crippen LogP) is 7.74. The molecule has 0 amide bonds. The first-order valence-electron chi connectivity index (χ1n) is 11.5. The van der Waals surface area contributed by atoms with Gasteiger partial charge in [-0.3, -0.25) is 0 Å². The maximum Gasteiger partial charge on any atom is 0.0625 e. The van der Waals surface area contributed by atoms with Crippen LogP contribution in [0.1, 0.15) is 59.3 Å². The van der Waals surface area contributed by atoms with E-state index in [4.69, 9.17) is 4.98 Å². The van der Waals surface area contributed by atoms with Gasteiger partial charge < -0.3 is 4.98 Å². The zero-order valence-electron chi connectivity index (χ0n) is 18.8. The van der Waals surface area contributed by atoms with E-state index in [-0.39, 0.29) is 20.1 Å². The third-order valence-corrected chi connectivity index (χ3v) is 11.0. The second kappa shape index (κ2) is 12.7. The quantitative estimate of drug-likeness (QED) is 0.163. The SMILES string of the molecule is CCCC[P+](CCCC)(CCCC)c1cc[c-]c(-c2nccc3ccccc23)c1.[Ir]. The maximum atomic E-state index is 4.77. The molecule has 0 aliphatic carbocycles. The summed E-state index contributed by atoms with van der Waals surface area (Å²) in [5.41, 5.74) is 2.23. The molecule has 0 aliphatic rings. The molecule has 0 unspecified atom stereocenters. The fraction of sp³-hybridized carbons (Fsp3) is 0.444. The van der Waals surface area contributed by atoms with E-state index in [1.165, 1.54) is 67.8 Å². The minimum Gasteiger partial charge on any atom is -0.304 e. The van der Waals surface area contributed by atoms with Crippen LogP contribution in [0.25, 0.3) is 22.0 Å². The summed E-state index contributed by atoms with van der Waals surface area (Å²) in [5.74, 6) is 0. The van der Waals surface area contributed by atoms with Gasteiger partial charge in [0.2, 0.25) is 0 Å². The molecule has 2 aromatic carbocycles. The second-order valence-electron chi connectivity index (χ2n) is 8.22. The number of benzene rings is 2. The molecule has 1 radical (unpaired) electrons. The smallest absolute Gasteiger partial charge is 0.0625 e. The Bertz CT molecular complexity index is 881. The van der Waals surface area contributed by atoms with Gasteiger partial charge in [-0.1, -0.05) is 64.3 Å². The molecule has 30 heavy (non-hydrogen) atoms. The van der Waals surface area contributed by atoms with E-state index in [1.807, 2.05) is 6.20 Å². The Kier molecular flexibility index (Phi) is 10.7. The maximum absolute atomic E-state index is 4.77. The molecular formula is C27H36IrNP. The van der Waals surface area contributed by atoms with Crippen molar-refractivity contribution in [3.8, 4) is 11.3 Å². The molecule has 1 heterocycles. The van der Waals surface area contributed by atoms with Crippen LogP contribution in [0.2, 0.25) is 0 Å². The number of fused-ring (bicyclic) bond motifs is 1. The van der Waals surface area contributed by atoms with Crippen molar-refractivity contribution in [3.05, 3.63) is 60.8 Å². The van der Waals surface area contributed by atoms with Crippen LogP contribution < -0.4 is 5.30 Å². The zero-order valence-corrected chi connectivity index (χ0v) is 22.1. The van der Waals surface area contributed by atoms with Crippen molar-refractivity contribution in [3.63, 3.8) is 0 Å². The topological polar surface area (TPSA) is 12.9 Å². The van der Waals surface area contributed by atoms with Crippen LogP contribution >= 0.6 is 7.26 Å². The van der Waals surface area contributed by atoms with Crippen molar-refractivity contribution in [2.45, 2.75) is 59.3 Å². The van der Waals surface area contributed by atoms with Crippen molar-refractivity contribution in [1.29, 1.82) is 0 Å². The number of rotatable bonds is 11. The van der Waals surface area contributed by atoms with Gasteiger partial charge in [-0.2, -0.15) is 0 Å². The van der Waals surface area contributed by atoms with E-state index in [9.17, 15) is 0 Å². The molecule has 1 nitrogen and oxygen atoms in total. The summed E-state index contributed by atoms with van der Waals surface area (Å²) in [6.07, 6.45) is 14.0. The van der Waals surface area contributed by atoms with Crippen LogP contribution in [0.3, 0.4) is 0 Å². The largest absolute Gasteiger partial charge is 0.304 e. The summed E-state index contributed by atoms with van der Waals surface area (Å²) in [7, 11) is -1.15. The molecule has 163 valence electrons. The number of nitrogens with zero attached hydrogens (tertiary/aromatic N) is 1. The third kappa shape index (κ3) is 6.00. The molecule has 0 bridgehead atoms. The van der Waals surface area contributed by atoms with Gasteiger partial charge >= 0.3 is 0 Å². The number of pyridine rings is 1. The number of aromatic nitrogens is 1. The minimum atomic E-state index is -1.15. The molecule has 0 spiro atoms. The Hall–Kier alpha value is -1.07. The van der Waals surface area contributed by atoms with Gasteiger partial charge in [0.05, 0.1) is 18.5 Å². The minimum absolute atomic E-state index is 0. The van der Waals surface area contributed by atoms with Gasteiger partial charge in [0.25, 0.3) is 0 Å². The molecule has 0 saturated heterocycles. The van der Waals surface area contributed by atoms with Crippen molar-refractivity contribution in [2.24, 2.45) is 0 Å². The van der Waals surface area contributed by atoms with Crippen LogP contribution in [0, 0.1) is 6.07 Å². The molecule has 0 atom stereocenters. The van der Waals surface area contributed by atoms with Crippen LogP contribution in [0.4, 0.5) is 0 Å². The summed E-state index contributed by atoms with van der Waals surface area (Å²) in [5, 5.41) is 4.08. The summed E-state index contributed by atoms with van der Waals surface area (Å²) >= 11 is 0. The normalized spacial score (nSPS) is 11.4. The van der Waals surface area contributed by atoms with Crippen molar-refractivity contribution < 1.29 is 20.1 Å². The van der Waals surface area contributed by atoms with Crippen molar-refractivity contribution >= 4 is 23.3 Å². The van der Waals surface area contributed by atoms with Crippen molar-refractivity contribution in [1.82, 2.24) is 4.98 Å². The number of unbranched alkanes of at least 4 members (excludes halogenated alkanes) is 3. The molecule has 1 aromatic heterocycles. The number of hydrogen-bond acceptors (Lipinski definition) is 1. The molecule has 0 N–H and O–H groups in total. The standard InChI is InChI=1S/C27H36NP.Ir/c1-4-7-19-29(20-8-5-2,21-9-6-3)25-15-12-14-24(22-25)27-26-16-11-10-13-23(26)17-18-28-27;/h10-13,15-18,22H,4-9,19-21H2,1-3H3;. The second-order valence-corrected chi connectivity index (χ2v) is 12.4.